The van der Waals surface area contributed by atoms with Gasteiger partial charge in [0.2, 0.25) is 0 Å². The van der Waals surface area contributed by atoms with Gasteiger partial charge < -0.3 is 5.11 Å². The van der Waals surface area contributed by atoms with Gasteiger partial charge in [-0.15, -0.1) is 0 Å². The second-order valence-corrected chi connectivity index (χ2v) is 6.02. The van der Waals surface area contributed by atoms with Gasteiger partial charge in [0.1, 0.15) is 0 Å². The Kier molecular flexibility index (Phi) is 3.62. The number of pyridine rings is 1. The fraction of sp³-hybridized carbons (Fsp3) is 0.294. The van der Waals surface area contributed by atoms with Crippen molar-refractivity contribution in [3.8, 4) is 11.3 Å². The molecule has 2 rings (SSSR count). The molecule has 0 bridgehead atoms. The minimum atomic E-state index is -0.932. The number of carboxylic acids is 1. The van der Waals surface area contributed by atoms with Gasteiger partial charge in [0.25, 0.3) is 0 Å². The van der Waals surface area contributed by atoms with E-state index in [1.165, 1.54) is 0 Å². The predicted molar refractivity (Wildman–Crippen MR) is 80.1 cm³/mol. The van der Waals surface area contributed by atoms with Crippen molar-refractivity contribution in [1.82, 2.24) is 4.98 Å². The highest BCUT2D eigenvalue weighted by atomic mass is 16.4. The predicted octanol–water partition coefficient (Wildman–Crippen LogP) is 4.05. The van der Waals surface area contributed by atoms with Crippen molar-refractivity contribution in [3.05, 3.63) is 53.2 Å². The Bertz CT molecular complexity index is 654. The second kappa shape index (κ2) is 5.08. The molecule has 0 fully saturated rings. The number of aromatic carboxylic acids is 1. The molecule has 0 radical (unpaired) electrons. The summed E-state index contributed by atoms with van der Waals surface area (Å²) in [4.78, 5) is 15.9. The molecule has 0 aliphatic carbocycles. The SMILES string of the molecule is Cc1cccc(-c2ccc(C(=O)O)c(C(C)(C)C)n2)c1. The van der Waals surface area contributed by atoms with Gasteiger partial charge in [-0.3, -0.25) is 4.98 Å². The first kappa shape index (κ1) is 14.3. The molecule has 1 aromatic heterocycles. The van der Waals surface area contributed by atoms with Crippen molar-refractivity contribution in [3.63, 3.8) is 0 Å². The summed E-state index contributed by atoms with van der Waals surface area (Å²) in [5, 5.41) is 9.29. The Labute approximate surface area is 119 Å². The minimum Gasteiger partial charge on any atom is -0.478 e. The molecule has 0 aliphatic rings. The topological polar surface area (TPSA) is 50.2 Å². The van der Waals surface area contributed by atoms with E-state index in [1.54, 1.807) is 12.1 Å². The first-order valence-corrected chi connectivity index (χ1v) is 6.61. The van der Waals surface area contributed by atoms with Crippen LogP contribution in [0, 0.1) is 6.92 Å². The molecular weight excluding hydrogens is 250 g/mol. The summed E-state index contributed by atoms with van der Waals surface area (Å²) in [5.41, 5.74) is 3.55. The van der Waals surface area contributed by atoms with Gasteiger partial charge in [-0.2, -0.15) is 0 Å². The highest BCUT2D eigenvalue weighted by molar-refractivity contribution is 5.89. The van der Waals surface area contributed by atoms with E-state index in [9.17, 15) is 9.90 Å². The van der Waals surface area contributed by atoms with Crippen LogP contribution in [0.25, 0.3) is 11.3 Å². The summed E-state index contributed by atoms with van der Waals surface area (Å²) < 4.78 is 0. The fourth-order valence-corrected chi connectivity index (χ4v) is 2.17. The maximum Gasteiger partial charge on any atom is 0.337 e. The van der Waals surface area contributed by atoms with E-state index >= 15 is 0 Å². The van der Waals surface area contributed by atoms with Crippen LogP contribution in [0.2, 0.25) is 0 Å². The molecule has 3 nitrogen and oxygen atoms in total. The number of benzene rings is 1. The summed E-state index contributed by atoms with van der Waals surface area (Å²) in [5.74, 6) is -0.932. The fourth-order valence-electron chi connectivity index (χ4n) is 2.17. The molecule has 0 aliphatic heterocycles. The zero-order valence-corrected chi connectivity index (χ0v) is 12.3. The van der Waals surface area contributed by atoms with Crippen LogP contribution >= 0.6 is 0 Å². The lowest BCUT2D eigenvalue weighted by Gasteiger charge is -2.21. The molecule has 1 N–H and O–H groups in total. The lowest BCUT2D eigenvalue weighted by Crippen LogP contribution is -2.19. The normalized spacial score (nSPS) is 11.4. The standard InChI is InChI=1S/C17H19NO2/c1-11-6-5-7-12(10-11)14-9-8-13(16(19)20)15(18-14)17(2,3)4/h5-10H,1-4H3,(H,19,20). The van der Waals surface area contributed by atoms with Gasteiger partial charge in [0, 0.05) is 11.0 Å². The summed E-state index contributed by atoms with van der Waals surface area (Å²) in [7, 11) is 0. The molecule has 1 heterocycles. The number of hydrogen-bond acceptors (Lipinski definition) is 2. The second-order valence-electron chi connectivity index (χ2n) is 6.02. The lowest BCUT2D eigenvalue weighted by molar-refractivity contribution is 0.0693. The maximum absolute atomic E-state index is 11.3. The molecule has 0 saturated heterocycles. The number of carbonyl (C=O) groups is 1. The van der Waals surface area contributed by atoms with Gasteiger partial charge >= 0.3 is 5.97 Å². The van der Waals surface area contributed by atoms with Crippen LogP contribution in [0.15, 0.2) is 36.4 Å². The van der Waals surface area contributed by atoms with Gasteiger partial charge in [-0.1, -0.05) is 44.5 Å². The molecule has 3 heteroatoms. The van der Waals surface area contributed by atoms with Crippen LogP contribution in [-0.4, -0.2) is 16.1 Å². The summed E-state index contributed by atoms with van der Waals surface area (Å²) in [6.07, 6.45) is 0. The van der Waals surface area contributed by atoms with Gasteiger partial charge in [-0.05, 0) is 25.1 Å². The van der Waals surface area contributed by atoms with Crippen molar-refractivity contribution < 1.29 is 9.90 Å². The van der Waals surface area contributed by atoms with Crippen molar-refractivity contribution in [2.45, 2.75) is 33.1 Å². The molecule has 1 aromatic carbocycles. The third kappa shape index (κ3) is 2.87. The number of aryl methyl sites for hydroxylation is 1. The Morgan fingerprint density at radius 2 is 1.85 bits per heavy atom. The molecule has 0 atom stereocenters. The Balaban J connectivity index is 2.61. The Hall–Kier alpha value is -2.16. The number of rotatable bonds is 2. The number of nitrogens with zero attached hydrogens (tertiary/aromatic N) is 1. The average molecular weight is 269 g/mol. The van der Waals surface area contributed by atoms with E-state index in [0.29, 0.717) is 5.69 Å². The summed E-state index contributed by atoms with van der Waals surface area (Å²) in [6, 6.07) is 11.5. The quantitative estimate of drug-likeness (QED) is 0.894. The third-order valence-corrected chi connectivity index (χ3v) is 3.15. The maximum atomic E-state index is 11.3. The van der Waals surface area contributed by atoms with E-state index in [1.807, 2.05) is 45.9 Å². The minimum absolute atomic E-state index is 0.272. The summed E-state index contributed by atoms with van der Waals surface area (Å²) >= 11 is 0. The number of aromatic nitrogens is 1. The molecule has 0 amide bonds. The van der Waals surface area contributed by atoms with E-state index in [2.05, 4.69) is 11.1 Å². The highest BCUT2D eigenvalue weighted by Gasteiger charge is 2.23. The molecular formula is C17H19NO2. The van der Waals surface area contributed by atoms with Crippen LogP contribution < -0.4 is 0 Å². The summed E-state index contributed by atoms with van der Waals surface area (Å²) in [6.45, 7) is 7.95. The van der Waals surface area contributed by atoms with E-state index in [4.69, 9.17) is 0 Å². The average Bonchev–Trinajstić information content (AvgIpc) is 2.37. The molecule has 0 spiro atoms. The van der Waals surface area contributed by atoms with Crippen LogP contribution in [0.4, 0.5) is 0 Å². The zero-order chi connectivity index (χ0) is 14.9. The van der Waals surface area contributed by atoms with E-state index in [0.717, 1.165) is 16.8 Å². The highest BCUT2D eigenvalue weighted by Crippen LogP contribution is 2.27. The van der Waals surface area contributed by atoms with Gasteiger partial charge in [0.05, 0.1) is 17.0 Å². The smallest absolute Gasteiger partial charge is 0.337 e. The molecule has 104 valence electrons. The molecule has 0 unspecified atom stereocenters. The lowest BCUT2D eigenvalue weighted by atomic mass is 9.88. The Morgan fingerprint density at radius 1 is 1.15 bits per heavy atom. The van der Waals surface area contributed by atoms with Crippen molar-refractivity contribution in [2.75, 3.05) is 0 Å². The zero-order valence-electron chi connectivity index (χ0n) is 12.3. The van der Waals surface area contributed by atoms with Gasteiger partial charge in [-0.25, -0.2) is 4.79 Å². The van der Waals surface area contributed by atoms with Crippen LogP contribution in [0.3, 0.4) is 0 Å². The van der Waals surface area contributed by atoms with Gasteiger partial charge in [0.15, 0.2) is 0 Å². The van der Waals surface area contributed by atoms with E-state index in [-0.39, 0.29) is 11.0 Å². The van der Waals surface area contributed by atoms with Crippen LogP contribution in [-0.2, 0) is 5.41 Å². The number of hydrogen-bond donors (Lipinski definition) is 1. The first-order chi connectivity index (χ1) is 9.29. The molecule has 0 saturated carbocycles. The monoisotopic (exact) mass is 269 g/mol. The number of carboxylic acid groups (broad SMARTS) is 1. The Morgan fingerprint density at radius 3 is 2.40 bits per heavy atom. The van der Waals surface area contributed by atoms with Crippen molar-refractivity contribution in [1.29, 1.82) is 0 Å². The molecule has 20 heavy (non-hydrogen) atoms. The van der Waals surface area contributed by atoms with E-state index < -0.39 is 5.97 Å². The molecule has 2 aromatic rings. The van der Waals surface area contributed by atoms with Crippen LogP contribution in [0.5, 0.6) is 0 Å². The van der Waals surface area contributed by atoms with Crippen molar-refractivity contribution >= 4 is 5.97 Å². The first-order valence-electron chi connectivity index (χ1n) is 6.61. The van der Waals surface area contributed by atoms with Crippen LogP contribution in [0.1, 0.15) is 42.4 Å². The third-order valence-electron chi connectivity index (χ3n) is 3.15. The largest absolute Gasteiger partial charge is 0.478 e. The van der Waals surface area contributed by atoms with Crippen molar-refractivity contribution in [2.24, 2.45) is 0 Å².